The lowest BCUT2D eigenvalue weighted by molar-refractivity contribution is 0.233. The molecular formula is C36H53N7O8S3. The first-order chi connectivity index (χ1) is 25.6. The number of anilines is 1. The van der Waals surface area contributed by atoms with Crippen molar-refractivity contribution in [3.8, 4) is 5.75 Å². The summed E-state index contributed by atoms with van der Waals surface area (Å²) in [7, 11) is -5.96. The summed E-state index contributed by atoms with van der Waals surface area (Å²) >= 11 is 0. The Balaban J connectivity index is 1.48. The molecule has 2 heterocycles. The van der Waals surface area contributed by atoms with E-state index in [4.69, 9.17) is 4.74 Å². The monoisotopic (exact) mass is 807 g/mol. The molecule has 0 saturated carbocycles. The molecule has 0 spiro atoms. The fraction of sp³-hybridized carbons (Fsp3) is 0.556. The molecule has 0 radical (unpaired) electrons. The van der Waals surface area contributed by atoms with E-state index in [0.717, 1.165) is 70.8 Å². The Kier molecular flexibility index (Phi) is 12.6. The molecular weight excluding hydrogens is 755 g/mol. The van der Waals surface area contributed by atoms with Crippen LogP contribution in [0.2, 0.25) is 0 Å². The van der Waals surface area contributed by atoms with Gasteiger partial charge in [0.15, 0.2) is 0 Å². The Hall–Kier alpha value is -2.91. The number of piperazine rings is 2. The molecule has 0 amide bonds. The normalized spacial score (nSPS) is 17.1. The fourth-order valence-corrected chi connectivity index (χ4v) is 10.7. The average Bonchev–Trinajstić information content (AvgIpc) is 3.13. The van der Waals surface area contributed by atoms with Crippen LogP contribution in [0.1, 0.15) is 12.8 Å². The van der Waals surface area contributed by atoms with Gasteiger partial charge in [-0.3, -0.25) is 4.55 Å². The Bertz CT molecular complexity index is 2200. The second-order valence-electron chi connectivity index (χ2n) is 14.4. The van der Waals surface area contributed by atoms with E-state index in [2.05, 4.69) is 20.4 Å². The van der Waals surface area contributed by atoms with Crippen LogP contribution in [0.15, 0.2) is 46.2 Å². The van der Waals surface area contributed by atoms with Crippen molar-refractivity contribution < 1.29 is 34.5 Å². The highest BCUT2D eigenvalue weighted by molar-refractivity contribution is 7.90. The smallest absolute Gasteiger partial charge is 0.268 e. The molecule has 0 aromatic heterocycles. The standard InChI is InChI=1S/C36H53N7O8S3/c1-39(2)31-25-32(51-23-24-52(44,45)46)28-8-10-30-34(54(49,50)41(4)16-6-18-43-21-13-38-14-22-43)26-33(29-9-7-27(31)35(28)36(29)30)53(47,48)40(3)15-5-17-42-19-11-37-12-20-42/h7-10,25-26,37-38H,5-6,11-24H2,1-4H3,(H,44,45,46). The minimum absolute atomic E-state index is 0.106. The lowest BCUT2D eigenvalue weighted by Gasteiger charge is -2.28. The van der Waals surface area contributed by atoms with Crippen molar-refractivity contribution >= 4 is 68.2 Å². The minimum Gasteiger partial charge on any atom is -0.492 e. The van der Waals surface area contributed by atoms with Crippen molar-refractivity contribution in [2.45, 2.75) is 22.6 Å². The molecule has 0 atom stereocenters. The Labute approximate surface area is 319 Å². The third-order valence-electron chi connectivity index (χ3n) is 10.5. The zero-order valence-corrected chi connectivity index (χ0v) is 34.0. The van der Waals surface area contributed by atoms with Crippen molar-refractivity contribution in [1.82, 2.24) is 29.0 Å². The molecule has 0 aliphatic carbocycles. The molecule has 2 saturated heterocycles. The van der Waals surface area contributed by atoms with E-state index in [0.29, 0.717) is 51.2 Å². The first-order valence-electron chi connectivity index (χ1n) is 18.4. The quantitative estimate of drug-likeness (QED) is 0.104. The van der Waals surface area contributed by atoms with Crippen LogP contribution in [0, 0.1) is 0 Å². The van der Waals surface area contributed by atoms with E-state index in [1.165, 1.54) is 28.8 Å². The van der Waals surface area contributed by atoms with Gasteiger partial charge < -0.3 is 30.1 Å². The summed E-state index contributed by atoms with van der Waals surface area (Å²) in [6, 6.07) is 10.1. The van der Waals surface area contributed by atoms with E-state index in [9.17, 15) is 29.8 Å². The lowest BCUT2D eigenvalue weighted by atomic mass is 9.92. The van der Waals surface area contributed by atoms with Gasteiger partial charge in [-0.15, -0.1) is 0 Å². The second-order valence-corrected chi connectivity index (χ2v) is 20.0. The van der Waals surface area contributed by atoms with E-state index < -0.39 is 35.9 Å². The van der Waals surface area contributed by atoms with Crippen LogP contribution in [0.25, 0.3) is 32.3 Å². The Morgan fingerprint density at radius 1 is 0.667 bits per heavy atom. The maximum atomic E-state index is 14.6. The van der Waals surface area contributed by atoms with Crippen molar-refractivity contribution in [1.29, 1.82) is 0 Å². The largest absolute Gasteiger partial charge is 0.492 e. The van der Waals surface area contributed by atoms with Gasteiger partial charge in [0, 0.05) is 138 Å². The summed E-state index contributed by atoms with van der Waals surface area (Å²) in [5.74, 6) is -0.309. The van der Waals surface area contributed by atoms with Crippen molar-refractivity contribution in [2.75, 3.05) is 124 Å². The number of hydrogen-bond donors (Lipinski definition) is 3. The van der Waals surface area contributed by atoms with Crippen molar-refractivity contribution in [2.24, 2.45) is 0 Å². The van der Waals surface area contributed by atoms with E-state index in [1.54, 1.807) is 24.3 Å². The lowest BCUT2D eigenvalue weighted by Crippen LogP contribution is -2.44. The molecule has 6 rings (SSSR count). The van der Waals surface area contributed by atoms with Crippen LogP contribution in [0.5, 0.6) is 5.75 Å². The van der Waals surface area contributed by atoms with Crippen LogP contribution in [-0.2, 0) is 30.2 Å². The van der Waals surface area contributed by atoms with Crippen molar-refractivity contribution in [3.05, 3.63) is 36.4 Å². The number of rotatable bonds is 17. The molecule has 4 aromatic carbocycles. The third kappa shape index (κ3) is 8.72. The zero-order valence-electron chi connectivity index (χ0n) is 31.5. The van der Waals surface area contributed by atoms with Gasteiger partial charge in [0.1, 0.15) is 18.1 Å². The molecule has 4 aromatic rings. The first kappa shape index (κ1) is 40.7. The molecule has 54 heavy (non-hydrogen) atoms. The van der Waals surface area contributed by atoms with Gasteiger partial charge in [0.05, 0.1) is 9.79 Å². The van der Waals surface area contributed by atoms with E-state index in [-0.39, 0.29) is 29.5 Å². The van der Waals surface area contributed by atoms with Crippen LogP contribution in [0.4, 0.5) is 5.69 Å². The van der Waals surface area contributed by atoms with Crippen molar-refractivity contribution in [3.63, 3.8) is 0 Å². The maximum Gasteiger partial charge on any atom is 0.268 e. The second kappa shape index (κ2) is 16.7. The van der Waals surface area contributed by atoms with Gasteiger partial charge >= 0.3 is 0 Å². The number of ether oxygens (including phenoxy) is 1. The van der Waals surface area contributed by atoms with E-state index >= 15 is 0 Å². The average molecular weight is 808 g/mol. The van der Waals surface area contributed by atoms with E-state index in [1.807, 2.05) is 25.1 Å². The summed E-state index contributed by atoms with van der Waals surface area (Å²) < 4.78 is 99.4. The summed E-state index contributed by atoms with van der Waals surface area (Å²) in [4.78, 5) is 6.24. The number of nitrogens with one attached hydrogen (secondary N) is 2. The van der Waals surface area contributed by atoms with Gasteiger partial charge in [0.2, 0.25) is 20.0 Å². The molecule has 2 aliphatic heterocycles. The summed E-state index contributed by atoms with van der Waals surface area (Å²) in [5.41, 5.74) is 0.700. The van der Waals surface area contributed by atoms with Gasteiger partial charge in [-0.1, -0.05) is 18.2 Å². The zero-order chi connectivity index (χ0) is 38.8. The predicted molar refractivity (Wildman–Crippen MR) is 214 cm³/mol. The number of benzene rings is 4. The predicted octanol–water partition coefficient (Wildman–Crippen LogP) is 1.75. The molecule has 3 N–H and O–H groups in total. The molecule has 0 unspecified atom stereocenters. The molecule has 2 fully saturated rings. The minimum atomic E-state index is -4.30. The molecule has 2 aliphatic rings. The molecule has 298 valence electrons. The molecule has 15 nitrogen and oxygen atoms in total. The summed E-state index contributed by atoms with van der Waals surface area (Å²) in [5, 5.41) is 9.74. The number of nitrogens with zero attached hydrogens (tertiary/aromatic N) is 5. The molecule has 0 bridgehead atoms. The highest BCUT2D eigenvalue weighted by Gasteiger charge is 2.32. The highest BCUT2D eigenvalue weighted by Crippen LogP contribution is 2.46. The van der Waals surface area contributed by atoms with Gasteiger partial charge in [0.25, 0.3) is 10.1 Å². The number of sulfonamides is 2. The fourth-order valence-electron chi connectivity index (χ4n) is 7.53. The Morgan fingerprint density at radius 3 is 1.57 bits per heavy atom. The topological polar surface area (TPSA) is 172 Å². The van der Waals surface area contributed by atoms with Crippen LogP contribution in [-0.4, -0.2) is 167 Å². The van der Waals surface area contributed by atoms with Gasteiger partial charge in [-0.2, -0.15) is 8.42 Å². The summed E-state index contributed by atoms with van der Waals surface area (Å²) in [6.07, 6.45) is 1.22. The van der Waals surface area contributed by atoms with Crippen LogP contribution < -0.4 is 20.3 Å². The first-order valence-corrected chi connectivity index (χ1v) is 22.9. The summed E-state index contributed by atoms with van der Waals surface area (Å²) in [6.45, 7) is 8.79. The third-order valence-corrected chi connectivity index (χ3v) is 15.0. The molecule has 18 heteroatoms. The Morgan fingerprint density at radius 2 is 1.11 bits per heavy atom. The van der Waals surface area contributed by atoms with Crippen LogP contribution in [0.3, 0.4) is 0 Å². The van der Waals surface area contributed by atoms with Crippen LogP contribution >= 0.6 is 0 Å². The SMILES string of the molecule is CN(C)c1cc(OCCS(=O)(=O)O)c2ccc3c(S(=O)(=O)N(C)CCCN4CCNCC4)cc(S(=O)(=O)N(C)CCCN4CCNCC4)c4ccc1c2c34. The maximum absolute atomic E-state index is 14.6. The van der Waals surface area contributed by atoms with Gasteiger partial charge in [-0.25, -0.2) is 25.4 Å². The highest BCUT2D eigenvalue weighted by atomic mass is 32.2. The van der Waals surface area contributed by atoms with Gasteiger partial charge in [-0.05, 0) is 38.1 Å². The number of hydrogen-bond acceptors (Lipinski definition) is 12.